The van der Waals surface area contributed by atoms with E-state index in [-0.39, 0.29) is 18.0 Å². The Morgan fingerprint density at radius 2 is 2.00 bits per heavy atom. The predicted octanol–water partition coefficient (Wildman–Crippen LogP) is 3.67. The second-order valence-corrected chi connectivity index (χ2v) is 6.84. The Bertz CT molecular complexity index is 859. The molecule has 0 spiro atoms. The summed E-state index contributed by atoms with van der Waals surface area (Å²) in [6, 6.07) is 11.5. The Labute approximate surface area is 159 Å². The van der Waals surface area contributed by atoms with Crippen molar-refractivity contribution >= 4 is 11.9 Å². The molecule has 142 valence electrons. The van der Waals surface area contributed by atoms with Gasteiger partial charge in [-0.05, 0) is 42.2 Å². The highest BCUT2D eigenvalue weighted by Crippen LogP contribution is 2.41. The molecule has 27 heavy (non-hydrogen) atoms. The Hall–Kier alpha value is -2.82. The molecule has 0 saturated heterocycles. The summed E-state index contributed by atoms with van der Waals surface area (Å²) in [5.74, 6) is 0.457. The number of carbonyl (C=O) groups excluding carboxylic acids is 2. The zero-order valence-corrected chi connectivity index (χ0v) is 16.0. The van der Waals surface area contributed by atoms with E-state index in [0.717, 1.165) is 40.8 Å². The maximum absolute atomic E-state index is 12.2. The largest absolute Gasteiger partial charge is 0.487 e. The lowest BCUT2D eigenvalue weighted by molar-refractivity contribution is -0.121. The van der Waals surface area contributed by atoms with Crippen LogP contribution in [0.3, 0.4) is 0 Å². The van der Waals surface area contributed by atoms with Gasteiger partial charge in [0.2, 0.25) is 5.91 Å². The molecule has 1 amide bonds. The average molecular weight is 367 g/mol. The molecule has 1 unspecified atom stereocenters. The van der Waals surface area contributed by atoms with Crippen molar-refractivity contribution in [2.75, 3.05) is 13.7 Å². The summed E-state index contributed by atoms with van der Waals surface area (Å²) in [5.41, 5.74) is 4.38. The third-order valence-corrected chi connectivity index (χ3v) is 4.67. The summed E-state index contributed by atoms with van der Waals surface area (Å²) in [7, 11) is 1.38. The summed E-state index contributed by atoms with van der Waals surface area (Å²) < 4.78 is 11.1. The number of aryl methyl sites for hydroxylation is 1. The summed E-state index contributed by atoms with van der Waals surface area (Å²) in [5, 5.41) is 2.93. The van der Waals surface area contributed by atoms with Gasteiger partial charge in [-0.15, -0.1) is 0 Å². The van der Waals surface area contributed by atoms with Crippen LogP contribution >= 0.6 is 0 Å². The predicted molar refractivity (Wildman–Crippen MR) is 104 cm³/mol. The number of carbonyl (C=O) groups is 2. The fourth-order valence-electron chi connectivity index (χ4n) is 3.46. The molecule has 5 heteroatoms. The Balaban J connectivity index is 1.90. The van der Waals surface area contributed by atoms with Gasteiger partial charge in [-0.1, -0.05) is 31.2 Å². The summed E-state index contributed by atoms with van der Waals surface area (Å²) in [6.07, 6.45) is 1.98. The number of ether oxygens (including phenoxy) is 2. The van der Waals surface area contributed by atoms with Gasteiger partial charge >= 0.3 is 5.97 Å². The quantitative estimate of drug-likeness (QED) is 0.791. The summed E-state index contributed by atoms with van der Waals surface area (Å²) >= 11 is 0. The molecule has 5 nitrogen and oxygen atoms in total. The number of esters is 1. The highest BCUT2D eigenvalue weighted by molar-refractivity contribution is 5.98. The third-order valence-electron chi connectivity index (χ3n) is 4.67. The molecule has 1 N–H and O–H groups in total. The van der Waals surface area contributed by atoms with Gasteiger partial charge in [0.25, 0.3) is 0 Å². The second-order valence-electron chi connectivity index (χ2n) is 6.84. The fourth-order valence-corrected chi connectivity index (χ4v) is 3.46. The van der Waals surface area contributed by atoms with Crippen molar-refractivity contribution < 1.29 is 19.1 Å². The van der Waals surface area contributed by atoms with Crippen molar-refractivity contribution in [3.63, 3.8) is 0 Å². The molecule has 0 bridgehead atoms. The molecule has 1 heterocycles. The number of hydrogen-bond acceptors (Lipinski definition) is 4. The Morgan fingerprint density at radius 1 is 1.22 bits per heavy atom. The molecule has 1 aliphatic heterocycles. The number of amides is 1. The van der Waals surface area contributed by atoms with Gasteiger partial charge in [0, 0.05) is 18.4 Å². The molecule has 0 saturated carbocycles. The van der Waals surface area contributed by atoms with Gasteiger partial charge < -0.3 is 14.8 Å². The third kappa shape index (κ3) is 4.13. The fraction of sp³-hybridized carbons (Fsp3) is 0.364. The molecule has 0 radical (unpaired) electrons. The maximum Gasteiger partial charge on any atom is 0.338 e. The molecule has 0 aliphatic carbocycles. The SMILES string of the molecule is CCCC(=O)NCC1Cc2cc(C)cc(-c3ccccc3C(=O)OC)c2O1. The molecule has 1 atom stereocenters. The topological polar surface area (TPSA) is 64.6 Å². The number of fused-ring (bicyclic) bond motifs is 1. The van der Waals surface area contributed by atoms with Crippen LogP contribution in [0.2, 0.25) is 0 Å². The van der Waals surface area contributed by atoms with Crippen LogP contribution in [0.25, 0.3) is 11.1 Å². The van der Waals surface area contributed by atoms with Gasteiger partial charge in [-0.3, -0.25) is 4.79 Å². The zero-order valence-electron chi connectivity index (χ0n) is 16.0. The van der Waals surface area contributed by atoms with E-state index in [1.54, 1.807) is 6.07 Å². The minimum Gasteiger partial charge on any atom is -0.487 e. The number of rotatable bonds is 6. The van der Waals surface area contributed by atoms with Crippen molar-refractivity contribution in [1.29, 1.82) is 0 Å². The average Bonchev–Trinajstić information content (AvgIpc) is 3.08. The Kier molecular flexibility index (Phi) is 5.79. The van der Waals surface area contributed by atoms with Gasteiger partial charge in [-0.25, -0.2) is 4.79 Å². The normalized spacial score (nSPS) is 15.0. The first-order chi connectivity index (χ1) is 13.0. The van der Waals surface area contributed by atoms with E-state index in [1.165, 1.54) is 7.11 Å². The van der Waals surface area contributed by atoms with Gasteiger partial charge in [0.05, 0.1) is 19.2 Å². The highest BCUT2D eigenvalue weighted by Gasteiger charge is 2.28. The first-order valence-corrected chi connectivity index (χ1v) is 9.28. The number of benzene rings is 2. The molecular formula is C22H25NO4. The first kappa shape index (κ1) is 19.0. The second kappa shape index (κ2) is 8.25. The van der Waals surface area contributed by atoms with Crippen LogP contribution in [0.1, 0.15) is 41.3 Å². The van der Waals surface area contributed by atoms with Gasteiger partial charge in [0.15, 0.2) is 0 Å². The molecular weight excluding hydrogens is 342 g/mol. The van der Waals surface area contributed by atoms with Crippen LogP contribution in [0.4, 0.5) is 0 Å². The first-order valence-electron chi connectivity index (χ1n) is 9.28. The van der Waals surface area contributed by atoms with Crippen LogP contribution < -0.4 is 10.1 Å². The van der Waals surface area contributed by atoms with Crippen LogP contribution in [0, 0.1) is 6.92 Å². The van der Waals surface area contributed by atoms with E-state index in [2.05, 4.69) is 11.4 Å². The van der Waals surface area contributed by atoms with Crippen LogP contribution in [0.5, 0.6) is 5.75 Å². The monoisotopic (exact) mass is 367 g/mol. The van der Waals surface area contributed by atoms with E-state index < -0.39 is 0 Å². The number of nitrogens with one attached hydrogen (secondary N) is 1. The minimum absolute atomic E-state index is 0.0458. The van der Waals surface area contributed by atoms with Crippen molar-refractivity contribution in [3.8, 4) is 16.9 Å². The van der Waals surface area contributed by atoms with E-state index in [9.17, 15) is 9.59 Å². The lowest BCUT2D eigenvalue weighted by atomic mass is 9.94. The molecule has 2 aromatic rings. The van der Waals surface area contributed by atoms with E-state index >= 15 is 0 Å². The Morgan fingerprint density at radius 3 is 2.74 bits per heavy atom. The van der Waals surface area contributed by atoms with Crippen LogP contribution in [0.15, 0.2) is 36.4 Å². The molecule has 1 aliphatic rings. The summed E-state index contributed by atoms with van der Waals surface area (Å²) in [6.45, 7) is 4.49. The van der Waals surface area contributed by atoms with Gasteiger partial charge in [-0.2, -0.15) is 0 Å². The number of hydrogen-bond donors (Lipinski definition) is 1. The minimum atomic E-state index is -0.373. The highest BCUT2D eigenvalue weighted by atomic mass is 16.5. The molecule has 0 fully saturated rings. The lowest BCUT2D eigenvalue weighted by Crippen LogP contribution is -2.34. The summed E-state index contributed by atoms with van der Waals surface area (Å²) in [4.78, 5) is 23.9. The van der Waals surface area contributed by atoms with Gasteiger partial charge in [0.1, 0.15) is 11.9 Å². The van der Waals surface area contributed by atoms with Crippen molar-refractivity contribution in [2.24, 2.45) is 0 Å². The molecule has 2 aromatic carbocycles. The van der Waals surface area contributed by atoms with Crippen molar-refractivity contribution in [3.05, 3.63) is 53.1 Å². The van der Waals surface area contributed by atoms with Crippen LogP contribution in [-0.4, -0.2) is 31.6 Å². The van der Waals surface area contributed by atoms with E-state index in [4.69, 9.17) is 9.47 Å². The van der Waals surface area contributed by atoms with Crippen molar-refractivity contribution in [2.45, 2.75) is 39.2 Å². The van der Waals surface area contributed by atoms with Crippen LogP contribution in [-0.2, 0) is 16.0 Å². The molecule has 0 aromatic heterocycles. The maximum atomic E-state index is 12.2. The standard InChI is InChI=1S/C22H25NO4/c1-4-7-20(24)23-13-16-12-15-10-14(2)11-19(21(15)27-16)17-8-5-6-9-18(17)22(25)26-3/h5-6,8-11,16H,4,7,12-13H2,1-3H3,(H,23,24). The van der Waals surface area contributed by atoms with Crippen molar-refractivity contribution in [1.82, 2.24) is 5.32 Å². The van der Waals surface area contributed by atoms with E-state index in [0.29, 0.717) is 18.5 Å². The zero-order chi connectivity index (χ0) is 19.4. The number of methoxy groups -OCH3 is 1. The smallest absolute Gasteiger partial charge is 0.338 e. The lowest BCUT2D eigenvalue weighted by Gasteiger charge is -2.15. The van der Waals surface area contributed by atoms with E-state index in [1.807, 2.05) is 38.1 Å². The molecule has 3 rings (SSSR count).